The van der Waals surface area contributed by atoms with Gasteiger partial charge in [-0.2, -0.15) is 0 Å². The normalized spacial score (nSPS) is 10.9. The average molecular weight is 335 g/mol. The molecule has 102 valence electrons. The van der Waals surface area contributed by atoms with E-state index in [1.807, 2.05) is 0 Å². The summed E-state index contributed by atoms with van der Waals surface area (Å²) in [5.74, 6) is 0. The second-order valence-electron chi connectivity index (χ2n) is 4.19. The topological polar surface area (TPSA) is 12.0 Å². The Hall–Kier alpha value is -0.250. The molecule has 2 rings (SSSR count). The second kappa shape index (κ2) is 6.96. The van der Waals surface area contributed by atoms with Crippen molar-refractivity contribution in [2.24, 2.45) is 0 Å². The van der Waals surface area contributed by atoms with E-state index in [0.717, 1.165) is 30.0 Å². The molecule has 0 unspecified atom stereocenters. The Morgan fingerprint density at radius 3 is 2.42 bits per heavy atom. The SMILES string of the molecule is CCCNCc1ccc(-c2c(Cl)cc(Cl)cc2Cl)s1. The minimum absolute atomic E-state index is 0.556. The van der Waals surface area contributed by atoms with Crippen molar-refractivity contribution in [2.75, 3.05) is 6.54 Å². The molecule has 1 nitrogen and oxygen atoms in total. The van der Waals surface area contributed by atoms with E-state index in [2.05, 4.69) is 24.4 Å². The van der Waals surface area contributed by atoms with Crippen molar-refractivity contribution < 1.29 is 0 Å². The first-order chi connectivity index (χ1) is 9.11. The van der Waals surface area contributed by atoms with E-state index in [-0.39, 0.29) is 0 Å². The summed E-state index contributed by atoms with van der Waals surface area (Å²) in [7, 11) is 0. The summed E-state index contributed by atoms with van der Waals surface area (Å²) in [5.41, 5.74) is 0.861. The Morgan fingerprint density at radius 2 is 1.79 bits per heavy atom. The van der Waals surface area contributed by atoms with Gasteiger partial charge in [-0.3, -0.25) is 0 Å². The van der Waals surface area contributed by atoms with Crippen molar-refractivity contribution in [2.45, 2.75) is 19.9 Å². The maximum absolute atomic E-state index is 6.23. The highest BCUT2D eigenvalue weighted by molar-refractivity contribution is 7.15. The second-order valence-corrected chi connectivity index (χ2v) is 6.61. The molecule has 0 saturated heterocycles. The van der Waals surface area contributed by atoms with E-state index in [0.29, 0.717) is 15.1 Å². The van der Waals surface area contributed by atoms with Crippen molar-refractivity contribution in [3.05, 3.63) is 44.2 Å². The van der Waals surface area contributed by atoms with Crippen molar-refractivity contribution in [3.63, 3.8) is 0 Å². The quantitative estimate of drug-likeness (QED) is 0.674. The van der Waals surface area contributed by atoms with Crippen molar-refractivity contribution in [1.82, 2.24) is 5.32 Å². The predicted molar refractivity (Wildman–Crippen MR) is 86.8 cm³/mol. The lowest BCUT2D eigenvalue weighted by atomic mass is 10.2. The van der Waals surface area contributed by atoms with Crippen LogP contribution >= 0.6 is 46.1 Å². The highest BCUT2D eigenvalue weighted by Crippen LogP contribution is 2.40. The third kappa shape index (κ3) is 3.87. The number of nitrogens with one attached hydrogen (secondary N) is 1. The van der Waals surface area contributed by atoms with E-state index in [1.165, 1.54) is 4.88 Å². The predicted octanol–water partition coefficient (Wildman–Crippen LogP) is 5.87. The van der Waals surface area contributed by atoms with Crippen LogP contribution in [0.15, 0.2) is 24.3 Å². The Kier molecular flexibility index (Phi) is 5.55. The minimum Gasteiger partial charge on any atom is -0.312 e. The molecular weight excluding hydrogens is 321 g/mol. The van der Waals surface area contributed by atoms with Crippen LogP contribution in [0, 0.1) is 0 Å². The molecule has 19 heavy (non-hydrogen) atoms. The first-order valence-electron chi connectivity index (χ1n) is 6.06. The summed E-state index contributed by atoms with van der Waals surface area (Å²) in [6, 6.07) is 7.59. The number of halogens is 3. The maximum Gasteiger partial charge on any atom is 0.0522 e. The number of hydrogen-bond donors (Lipinski definition) is 1. The maximum atomic E-state index is 6.23. The first kappa shape index (κ1) is 15.1. The largest absolute Gasteiger partial charge is 0.312 e. The molecule has 1 aromatic carbocycles. The number of rotatable bonds is 5. The molecule has 0 spiro atoms. The van der Waals surface area contributed by atoms with Crippen molar-refractivity contribution in [3.8, 4) is 10.4 Å². The van der Waals surface area contributed by atoms with Gasteiger partial charge in [0.05, 0.1) is 10.0 Å². The Morgan fingerprint density at radius 1 is 1.11 bits per heavy atom. The summed E-state index contributed by atoms with van der Waals surface area (Å²) < 4.78 is 0. The van der Waals surface area contributed by atoms with Crippen LogP contribution in [0.25, 0.3) is 10.4 Å². The Labute approximate surface area is 132 Å². The standard InChI is InChI=1S/C14H14Cl3NS/c1-2-5-18-8-10-3-4-13(19-10)14-11(16)6-9(15)7-12(14)17/h3-4,6-7,18H,2,5,8H2,1H3. The fourth-order valence-corrected chi connectivity index (χ4v) is 3.96. The van der Waals surface area contributed by atoms with Gasteiger partial charge in [-0.1, -0.05) is 41.7 Å². The molecule has 0 aliphatic rings. The minimum atomic E-state index is 0.556. The van der Waals surface area contributed by atoms with Gasteiger partial charge in [0, 0.05) is 26.9 Å². The molecule has 1 heterocycles. The molecule has 0 aliphatic carbocycles. The highest BCUT2D eigenvalue weighted by atomic mass is 35.5. The third-order valence-electron chi connectivity index (χ3n) is 2.64. The molecular formula is C14H14Cl3NS. The molecule has 5 heteroatoms. The third-order valence-corrected chi connectivity index (χ3v) is 4.56. The molecule has 0 fully saturated rings. The summed E-state index contributed by atoms with van der Waals surface area (Å²) in [5, 5.41) is 5.11. The van der Waals surface area contributed by atoms with E-state index in [4.69, 9.17) is 34.8 Å². The molecule has 1 N–H and O–H groups in total. The van der Waals surface area contributed by atoms with E-state index in [1.54, 1.807) is 23.5 Å². The van der Waals surface area contributed by atoms with E-state index < -0.39 is 0 Å². The van der Waals surface area contributed by atoms with Crippen LogP contribution < -0.4 is 5.32 Å². The van der Waals surface area contributed by atoms with Crippen LogP contribution in [-0.2, 0) is 6.54 Å². The van der Waals surface area contributed by atoms with Gasteiger partial charge in [0.1, 0.15) is 0 Å². The summed E-state index contributed by atoms with van der Waals surface area (Å²) in [6.45, 7) is 4.05. The van der Waals surface area contributed by atoms with Crippen molar-refractivity contribution >= 4 is 46.1 Å². The first-order valence-corrected chi connectivity index (χ1v) is 8.01. The molecule has 0 radical (unpaired) electrons. The molecule has 0 saturated carbocycles. The molecule has 0 amide bonds. The van der Waals surface area contributed by atoms with Crippen LogP contribution in [0.3, 0.4) is 0 Å². The number of benzene rings is 1. The lowest BCUT2D eigenvalue weighted by Gasteiger charge is -2.05. The van der Waals surface area contributed by atoms with Gasteiger partial charge in [-0.25, -0.2) is 0 Å². The van der Waals surface area contributed by atoms with Crippen LogP contribution in [0.5, 0.6) is 0 Å². The van der Waals surface area contributed by atoms with Gasteiger partial charge in [-0.15, -0.1) is 11.3 Å². The lowest BCUT2D eigenvalue weighted by Crippen LogP contribution is -2.12. The van der Waals surface area contributed by atoms with E-state index >= 15 is 0 Å². The molecule has 1 aromatic heterocycles. The number of thiophene rings is 1. The smallest absolute Gasteiger partial charge is 0.0522 e. The van der Waals surface area contributed by atoms with Gasteiger partial charge < -0.3 is 5.32 Å². The van der Waals surface area contributed by atoms with Gasteiger partial charge in [0.25, 0.3) is 0 Å². The molecule has 2 aromatic rings. The zero-order valence-corrected chi connectivity index (χ0v) is 13.6. The van der Waals surface area contributed by atoms with Crippen LogP contribution in [0.4, 0.5) is 0 Å². The van der Waals surface area contributed by atoms with Gasteiger partial charge >= 0.3 is 0 Å². The Bertz CT molecular complexity index is 543. The van der Waals surface area contributed by atoms with Crippen molar-refractivity contribution in [1.29, 1.82) is 0 Å². The average Bonchev–Trinajstić information content (AvgIpc) is 2.76. The number of hydrogen-bond acceptors (Lipinski definition) is 2. The van der Waals surface area contributed by atoms with Crippen LogP contribution in [0.1, 0.15) is 18.2 Å². The lowest BCUT2D eigenvalue weighted by molar-refractivity contribution is 0.681. The summed E-state index contributed by atoms with van der Waals surface area (Å²) >= 11 is 20.1. The van der Waals surface area contributed by atoms with Crippen LogP contribution in [-0.4, -0.2) is 6.54 Å². The zero-order chi connectivity index (χ0) is 13.8. The van der Waals surface area contributed by atoms with Gasteiger partial charge in [-0.05, 0) is 37.2 Å². The zero-order valence-electron chi connectivity index (χ0n) is 10.5. The van der Waals surface area contributed by atoms with E-state index in [9.17, 15) is 0 Å². The van der Waals surface area contributed by atoms with Gasteiger partial charge in [0.15, 0.2) is 0 Å². The van der Waals surface area contributed by atoms with Gasteiger partial charge in [0.2, 0.25) is 0 Å². The van der Waals surface area contributed by atoms with Crippen LogP contribution in [0.2, 0.25) is 15.1 Å². The summed E-state index contributed by atoms with van der Waals surface area (Å²) in [6.07, 6.45) is 1.13. The molecule has 0 bridgehead atoms. The Balaban J connectivity index is 2.23. The fourth-order valence-electron chi connectivity index (χ4n) is 1.77. The fraction of sp³-hybridized carbons (Fsp3) is 0.286. The highest BCUT2D eigenvalue weighted by Gasteiger charge is 2.12. The summed E-state index contributed by atoms with van der Waals surface area (Å²) in [4.78, 5) is 2.34. The molecule has 0 aliphatic heterocycles. The molecule has 0 atom stereocenters. The monoisotopic (exact) mass is 333 g/mol.